The highest BCUT2D eigenvalue weighted by atomic mass is 32.2. The first-order valence-corrected chi connectivity index (χ1v) is 7.39. The van der Waals surface area contributed by atoms with Crippen LogP contribution in [0.15, 0.2) is 40.6 Å². The minimum Gasteiger partial charge on any atom is -0.336 e. The van der Waals surface area contributed by atoms with Gasteiger partial charge in [-0.05, 0) is 30.8 Å². The Bertz CT molecular complexity index is 864. The molecule has 0 amide bonds. The van der Waals surface area contributed by atoms with Gasteiger partial charge < -0.3 is 5.84 Å². The van der Waals surface area contributed by atoms with Crippen molar-refractivity contribution in [1.82, 2.24) is 29.8 Å². The van der Waals surface area contributed by atoms with E-state index >= 15 is 0 Å². The first-order valence-electron chi connectivity index (χ1n) is 6.57. The molecule has 11 heteroatoms. The number of aryl methyl sites for hydroxylation is 1. The van der Waals surface area contributed by atoms with Crippen LogP contribution in [0.4, 0.5) is 13.2 Å². The second kappa shape index (κ2) is 6.07. The number of hydrogen-bond acceptors (Lipinski definition) is 7. The van der Waals surface area contributed by atoms with Crippen molar-refractivity contribution in [2.45, 2.75) is 23.3 Å². The van der Waals surface area contributed by atoms with Gasteiger partial charge in [-0.2, -0.15) is 13.2 Å². The maximum atomic E-state index is 13.1. The average Bonchev–Trinajstić information content (AvgIpc) is 2.87. The highest BCUT2D eigenvalue weighted by Gasteiger charge is 2.34. The standard InChI is InChI=1S/C13H10F3N7S/c1-7-21-22-12(23(7)17)24-10-6-9(13(14,15)16)19-11(20-10)8-4-2-3-5-18-8/h2-6H,17H2,1H3. The van der Waals surface area contributed by atoms with Crippen molar-refractivity contribution < 1.29 is 13.2 Å². The van der Waals surface area contributed by atoms with Crippen LogP contribution in [0.3, 0.4) is 0 Å². The van der Waals surface area contributed by atoms with Crippen molar-refractivity contribution in [2.75, 3.05) is 5.84 Å². The third kappa shape index (κ3) is 3.30. The molecule has 0 radical (unpaired) electrons. The van der Waals surface area contributed by atoms with E-state index in [-0.39, 0.29) is 21.7 Å². The molecule has 2 N–H and O–H groups in total. The van der Waals surface area contributed by atoms with Crippen LogP contribution >= 0.6 is 11.8 Å². The Hall–Kier alpha value is -2.69. The van der Waals surface area contributed by atoms with Gasteiger partial charge in [0.15, 0.2) is 5.82 Å². The third-order valence-corrected chi connectivity index (χ3v) is 3.80. The number of halogens is 3. The van der Waals surface area contributed by atoms with Gasteiger partial charge in [-0.25, -0.2) is 14.6 Å². The summed E-state index contributed by atoms with van der Waals surface area (Å²) >= 11 is 0.860. The van der Waals surface area contributed by atoms with Gasteiger partial charge in [0.25, 0.3) is 0 Å². The van der Waals surface area contributed by atoms with E-state index in [9.17, 15) is 13.2 Å². The van der Waals surface area contributed by atoms with Crippen molar-refractivity contribution in [3.8, 4) is 11.5 Å². The van der Waals surface area contributed by atoms with Gasteiger partial charge in [-0.3, -0.25) is 4.98 Å². The monoisotopic (exact) mass is 353 g/mol. The molecule has 0 aliphatic heterocycles. The Balaban J connectivity index is 2.07. The number of alkyl halides is 3. The van der Waals surface area contributed by atoms with E-state index in [0.29, 0.717) is 5.82 Å². The molecule has 0 atom stereocenters. The van der Waals surface area contributed by atoms with Crippen molar-refractivity contribution >= 4 is 11.8 Å². The highest BCUT2D eigenvalue weighted by Crippen LogP contribution is 2.33. The average molecular weight is 353 g/mol. The molecule has 0 unspecified atom stereocenters. The Morgan fingerprint density at radius 1 is 1.17 bits per heavy atom. The molecule has 3 heterocycles. The zero-order valence-electron chi connectivity index (χ0n) is 12.2. The van der Waals surface area contributed by atoms with Crippen molar-refractivity contribution in [2.24, 2.45) is 0 Å². The fourth-order valence-electron chi connectivity index (χ4n) is 1.75. The zero-order valence-corrected chi connectivity index (χ0v) is 13.0. The van der Waals surface area contributed by atoms with E-state index in [1.807, 2.05) is 0 Å². The van der Waals surface area contributed by atoms with Crippen LogP contribution < -0.4 is 5.84 Å². The summed E-state index contributed by atoms with van der Waals surface area (Å²) in [6, 6.07) is 5.64. The van der Waals surface area contributed by atoms with Gasteiger partial charge >= 0.3 is 6.18 Å². The van der Waals surface area contributed by atoms with E-state index in [1.165, 1.54) is 16.9 Å². The number of nitrogens with zero attached hydrogens (tertiary/aromatic N) is 6. The predicted molar refractivity (Wildman–Crippen MR) is 79.3 cm³/mol. The van der Waals surface area contributed by atoms with Crippen LogP contribution in [0.2, 0.25) is 0 Å². The van der Waals surface area contributed by atoms with E-state index in [1.54, 1.807) is 19.1 Å². The number of aromatic nitrogens is 6. The molecule has 24 heavy (non-hydrogen) atoms. The fraction of sp³-hybridized carbons (Fsp3) is 0.154. The number of pyridine rings is 1. The molecule has 3 aromatic rings. The number of rotatable bonds is 3. The van der Waals surface area contributed by atoms with Crippen LogP contribution in [0, 0.1) is 6.92 Å². The van der Waals surface area contributed by atoms with Gasteiger partial charge in [-0.15, -0.1) is 10.2 Å². The number of nitrogen functional groups attached to an aromatic ring is 1. The lowest BCUT2D eigenvalue weighted by atomic mass is 10.3. The summed E-state index contributed by atoms with van der Waals surface area (Å²) < 4.78 is 40.5. The SMILES string of the molecule is Cc1nnc(Sc2cc(C(F)(F)F)nc(-c3ccccn3)n2)n1N. The van der Waals surface area contributed by atoms with Gasteiger partial charge in [0.05, 0.1) is 0 Å². The van der Waals surface area contributed by atoms with Gasteiger partial charge in [0.1, 0.15) is 22.2 Å². The molecule has 0 saturated carbocycles. The molecule has 0 bridgehead atoms. The van der Waals surface area contributed by atoms with Gasteiger partial charge in [-0.1, -0.05) is 6.07 Å². The van der Waals surface area contributed by atoms with Gasteiger partial charge in [0.2, 0.25) is 5.16 Å². The molecule has 7 nitrogen and oxygen atoms in total. The molecule has 0 aliphatic carbocycles. The van der Waals surface area contributed by atoms with Crippen LogP contribution in [0.5, 0.6) is 0 Å². The minimum absolute atomic E-state index is 0.0390. The maximum Gasteiger partial charge on any atom is 0.433 e. The lowest BCUT2D eigenvalue weighted by Crippen LogP contribution is -2.12. The summed E-state index contributed by atoms with van der Waals surface area (Å²) in [7, 11) is 0. The van der Waals surface area contributed by atoms with E-state index in [2.05, 4.69) is 25.1 Å². The van der Waals surface area contributed by atoms with E-state index in [0.717, 1.165) is 17.8 Å². The summed E-state index contributed by atoms with van der Waals surface area (Å²) in [5.41, 5.74) is -0.837. The highest BCUT2D eigenvalue weighted by molar-refractivity contribution is 7.99. The van der Waals surface area contributed by atoms with Crippen molar-refractivity contribution in [3.05, 3.63) is 42.0 Å². The van der Waals surface area contributed by atoms with Crippen LogP contribution in [0.25, 0.3) is 11.5 Å². The summed E-state index contributed by atoms with van der Waals surface area (Å²) in [6.07, 6.45) is -3.17. The zero-order chi connectivity index (χ0) is 17.3. The Morgan fingerprint density at radius 3 is 2.54 bits per heavy atom. The molecular formula is C13H10F3N7S. The Kier molecular flexibility index (Phi) is 4.09. The van der Waals surface area contributed by atoms with Crippen LogP contribution in [0.1, 0.15) is 11.5 Å². The second-order valence-electron chi connectivity index (χ2n) is 4.63. The fourth-order valence-corrected chi connectivity index (χ4v) is 2.55. The quantitative estimate of drug-likeness (QED) is 0.570. The molecule has 3 rings (SSSR count). The van der Waals surface area contributed by atoms with E-state index < -0.39 is 11.9 Å². The summed E-state index contributed by atoms with van der Waals surface area (Å²) in [5, 5.41) is 7.80. The summed E-state index contributed by atoms with van der Waals surface area (Å²) in [5.74, 6) is 6.01. The summed E-state index contributed by atoms with van der Waals surface area (Å²) in [6.45, 7) is 1.62. The van der Waals surface area contributed by atoms with Crippen LogP contribution in [-0.2, 0) is 6.18 Å². The predicted octanol–water partition coefficient (Wildman–Crippen LogP) is 2.32. The molecule has 0 fully saturated rings. The maximum absolute atomic E-state index is 13.1. The second-order valence-corrected chi connectivity index (χ2v) is 5.62. The lowest BCUT2D eigenvalue weighted by Gasteiger charge is -2.09. The molecule has 0 spiro atoms. The van der Waals surface area contributed by atoms with Crippen molar-refractivity contribution in [3.63, 3.8) is 0 Å². The molecule has 0 saturated heterocycles. The largest absolute Gasteiger partial charge is 0.433 e. The lowest BCUT2D eigenvalue weighted by molar-refractivity contribution is -0.141. The molecule has 0 aromatic carbocycles. The molecular weight excluding hydrogens is 343 g/mol. The first-order chi connectivity index (χ1) is 11.3. The Labute approximate surface area is 138 Å². The first kappa shape index (κ1) is 16.2. The van der Waals surface area contributed by atoms with Gasteiger partial charge in [0, 0.05) is 12.3 Å². The normalized spacial score (nSPS) is 11.7. The smallest absolute Gasteiger partial charge is 0.336 e. The van der Waals surface area contributed by atoms with E-state index in [4.69, 9.17) is 5.84 Å². The van der Waals surface area contributed by atoms with Crippen molar-refractivity contribution in [1.29, 1.82) is 0 Å². The topological polar surface area (TPSA) is 95.4 Å². The minimum atomic E-state index is -4.62. The Morgan fingerprint density at radius 2 is 1.96 bits per heavy atom. The molecule has 0 aliphatic rings. The summed E-state index contributed by atoms with van der Waals surface area (Å²) in [4.78, 5) is 11.7. The number of nitrogens with two attached hydrogens (primary N) is 1. The molecule has 3 aromatic heterocycles. The third-order valence-electron chi connectivity index (χ3n) is 2.92. The molecule has 124 valence electrons. The van der Waals surface area contributed by atoms with Crippen LogP contribution in [-0.4, -0.2) is 29.8 Å². The number of hydrogen-bond donors (Lipinski definition) is 1.